The SMILES string of the molecule is Cc1cccc(Oc2ccc(C3=NN=C(SCC(=O)O)C3)cc2NO)c1. The van der Waals surface area contributed by atoms with Crippen LogP contribution in [0.5, 0.6) is 11.5 Å². The Morgan fingerprint density at radius 2 is 2.12 bits per heavy atom. The van der Waals surface area contributed by atoms with E-state index >= 15 is 0 Å². The van der Waals surface area contributed by atoms with Gasteiger partial charge in [0.1, 0.15) is 16.5 Å². The molecule has 3 rings (SSSR count). The maximum absolute atomic E-state index is 10.6. The van der Waals surface area contributed by atoms with Gasteiger partial charge < -0.3 is 9.84 Å². The van der Waals surface area contributed by atoms with Crippen LogP contribution in [-0.4, -0.2) is 32.8 Å². The predicted molar refractivity (Wildman–Crippen MR) is 102 cm³/mol. The molecule has 0 saturated heterocycles. The highest BCUT2D eigenvalue weighted by atomic mass is 32.2. The Morgan fingerprint density at radius 3 is 2.85 bits per heavy atom. The highest BCUT2D eigenvalue weighted by Gasteiger charge is 2.17. The van der Waals surface area contributed by atoms with Gasteiger partial charge in [0.05, 0.1) is 11.5 Å². The second kappa shape index (κ2) is 8.03. The number of ether oxygens (including phenoxy) is 1. The molecular formula is C18H17N3O4S. The number of thioether (sulfide) groups is 1. The van der Waals surface area contributed by atoms with Crippen molar-refractivity contribution in [3.63, 3.8) is 0 Å². The lowest BCUT2D eigenvalue weighted by atomic mass is 10.1. The summed E-state index contributed by atoms with van der Waals surface area (Å²) in [5, 5.41) is 26.9. The zero-order chi connectivity index (χ0) is 18.5. The summed E-state index contributed by atoms with van der Waals surface area (Å²) in [6.45, 7) is 1.97. The van der Waals surface area contributed by atoms with Crippen LogP contribution in [0.1, 0.15) is 17.5 Å². The predicted octanol–water partition coefficient (Wildman–Crippen LogP) is 3.91. The van der Waals surface area contributed by atoms with Crippen molar-refractivity contribution in [2.24, 2.45) is 10.2 Å². The zero-order valence-electron chi connectivity index (χ0n) is 14.0. The Labute approximate surface area is 154 Å². The van der Waals surface area contributed by atoms with Gasteiger partial charge >= 0.3 is 5.97 Å². The Hall–Kier alpha value is -2.84. The first-order valence-electron chi connectivity index (χ1n) is 7.82. The molecule has 2 aromatic carbocycles. The van der Waals surface area contributed by atoms with Gasteiger partial charge in [-0.2, -0.15) is 5.10 Å². The molecular weight excluding hydrogens is 354 g/mol. The highest BCUT2D eigenvalue weighted by Crippen LogP contribution is 2.31. The lowest BCUT2D eigenvalue weighted by Gasteiger charge is -2.12. The molecule has 1 heterocycles. The third kappa shape index (κ3) is 4.41. The van der Waals surface area contributed by atoms with E-state index in [0.717, 1.165) is 22.9 Å². The van der Waals surface area contributed by atoms with E-state index in [4.69, 9.17) is 9.84 Å². The van der Waals surface area contributed by atoms with E-state index in [0.29, 0.717) is 34.4 Å². The summed E-state index contributed by atoms with van der Waals surface area (Å²) < 4.78 is 5.82. The molecule has 1 aliphatic heterocycles. The van der Waals surface area contributed by atoms with Crippen LogP contribution in [0.25, 0.3) is 0 Å². The van der Waals surface area contributed by atoms with E-state index in [9.17, 15) is 10.0 Å². The van der Waals surface area contributed by atoms with Crippen LogP contribution in [-0.2, 0) is 4.79 Å². The Kier molecular flexibility index (Phi) is 5.55. The van der Waals surface area contributed by atoms with Gasteiger partial charge in [0.2, 0.25) is 0 Å². The van der Waals surface area contributed by atoms with Crippen molar-refractivity contribution in [1.82, 2.24) is 0 Å². The quantitative estimate of drug-likeness (QED) is 0.665. The topological polar surface area (TPSA) is 104 Å². The van der Waals surface area contributed by atoms with Gasteiger partial charge in [0.25, 0.3) is 0 Å². The number of nitrogens with zero attached hydrogens (tertiary/aromatic N) is 2. The van der Waals surface area contributed by atoms with Gasteiger partial charge in [0, 0.05) is 12.0 Å². The van der Waals surface area contributed by atoms with Crippen molar-refractivity contribution in [2.75, 3.05) is 11.2 Å². The van der Waals surface area contributed by atoms with Crippen LogP contribution < -0.4 is 10.2 Å². The summed E-state index contributed by atoms with van der Waals surface area (Å²) in [4.78, 5) is 10.6. The van der Waals surface area contributed by atoms with Gasteiger partial charge in [-0.3, -0.25) is 15.5 Å². The number of rotatable bonds is 6. The molecule has 0 spiro atoms. The van der Waals surface area contributed by atoms with Gasteiger partial charge in [-0.05, 0) is 42.8 Å². The summed E-state index contributed by atoms with van der Waals surface area (Å²) in [5.74, 6) is 0.203. The number of carbonyl (C=O) groups is 1. The molecule has 0 fully saturated rings. The molecule has 0 amide bonds. The Morgan fingerprint density at radius 1 is 1.27 bits per heavy atom. The van der Waals surface area contributed by atoms with Crippen molar-refractivity contribution in [3.8, 4) is 11.5 Å². The number of aryl methyl sites for hydroxylation is 1. The standard InChI is InChI=1S/C18H17N3O4S/c1-11-3-2-4-13(7-11)25-16-6-5-12(8-15(16)21-24)14-9-17(20-19-14)26-10-18(22)23/h2-8,21,24H,9-10H2,1H3,(H,22,23). The molecule has 0 aromatic heterocycles. The number of benzene rings is 2. The summed E-state index contributed by atoms with van der Waals surface area (Å²) in [6.07, 6.45) is 0.459. The molecule has 3 N–H and O–H groups in total. The number of carboxylic acid groups (broad SMARTS) is 1. The highest BCUT2D eigenvalue weighted by molar-refractivity contribution is 8.14. The second-order valence-electron chi connectivity index (χ2n) is 5.64. The van der Waals surface area contributed by atoms with Crippen LogP contribution in [0.15, 0.2) is 52.7 Å². The Balaban J connectivity index is 1.72. The third-order valence-electron chi connectivity index (χ3n) is 3.61. The number of hydrogen-bond donors (Lipinski definition) is 3. The summed E-state index contributed by atoms with van der Waals surface area (Å²) in [7, 11) is 0. The lowest BCUT2D eigenvalue weighted by molar-refractivity contribution is -0.133. The number of hydrogen-bond acceptors (Lipinski definition) is 7. The van der Waals surface area contributed by atoms with E-state index in [1.54, 1.807) is 12.1 Å². The second-order valence-corrected chi connectivity index (χ2v) is 6.69. The van der Waals surface area contributed by atoms with Gasteiger partial charge in [0.15, 0.2) is 5.75 Å². The smallest absolute Gasteiger partial charge is 0.313 e. The normalized spacial score (nSPS) is 13.2. The van der Waals surface area contributed by atoms with E-state index in [2.05, 4.69) is 15.7 Å². The molecule has 8 heteroatoms. The summed E-state index contributed by atoms with van der Waals surface area (Å²) in [6, 6.07) is 12.9. The molecule has 1 aliphatic rings. The first-order valence-corrected chi connectivity index (χ1v) is 8.81. The van der Waals surface area contributed by atoms with E-state index in [1.807, 2.05) is 37.3 Å². The molecule has 0 unspecified atom stereocenters. The average Bonchev–Trinajstić information content (AvgIpc) is 3.09. The zero-order valence-corrected chi connectivity index (χ0v) is 14.8. The first kappa shape index (κ1) is 18.0. The molecule has 134 valence electrons. The van der Waals surface area contributed by atoms with Crippen molar-refractivity contribution >= 4 is 34.2 Å². The third-order valence-corrected chi connectivity index (χ3v) is 4.56. The molecule has 0 atom stereocenters. The average molecular weight is 371 g/mol. The molecule has 26 heavy (non-hydrogen) atoms. The molecule has 0 saturated carbocycles. The minimum absolute atomic E-state index is 0.0473. The van der Waals surface area contributed by atoms with E-state index in [1.165, 1.54) is 0 Å². The number of carboxylic acids is 1. The van der Waals surface area contributed by atoms with E-state index in [-0.39, 0.29) is 5.75 Å². The van der Waals surface area contributed by atoms with Crippen LogP contribution in [0, 0.1) is 6.92 Å². The van der Waals surface area contributed by atoms with Gasteiger partial charge in [-0.1, -0.05) is 23.9 Å². The monoisotopic (exact) mass is 371 g/mol. The van der Waals surface area contributed by atoms with Gasteiger partial charge in [-0.25, -0.2) is 0 Å². The minimum Gasteiger partial charge on any atom is -0.481 e. The fraction of sp³-hybridized carbons (Fsp3) is 0.167. The van der Waals surface area contributed by atoms with Crippen molar-refractivity contribution in [3.05, 3.63) is 53.6 Å². The first-order chi connectivity index (χ1) is 12.5. The van der Waals surface area contributed by atoms with Crippen LogP contribution >= 0.6 is 11.8 Å². The molecule has 0 bridgehead atoms. The van der Waals surface area contributed by atoms with Gasteiger partial charge in [-0.15, -0.1) is 5.10 Å². The number of aliphatic carboxylic acids is 1. The van der Waals surface area contributed by atoms with Crippen LogP contribution in [0.4, 0.5) is 5.69 Å². The minimum atomic E-state index is -0.893. The van der Waals surface area contributed by atoms with E-state index < -0.39 is 5.97 Å². The van der Waals surface area contributed by atoms with Crippen LogP contribution in [0.2, 0.25) is 0 Å². The largest absolute Gasteiger partial charge is 0.481 e. The van der Waals surface area contributed by atoms with Crippen molar-refractivity contribution in [1.29, 1.82) is 0 Å². The van der Waals surface area contributed by atoms with Crippen molar-refractivity contribution < 1.29 is 19.8 Å². The molecule has 2 aromatic rings. The Bertz CT molecular complexity index is 896. The fourth-order valence-electron chi connectivity index (χ4n) is 2.41. The lowest BCUT2D eigenvalue weighted by Crippen LogP contribution is -2.06. The summed E-state index contributed by atoms with van der Waals surface area (Å²) >= 11 is 1.15. The fourth-order valence-corrected chi connectivity index (χ4v) is 3.03. The number of anilines is 1. The maximum Gasteiger partial charge on any atom is 0.313 e. The summed E-state index contributed by atoms with van der Waals surface area (Å²) in [5.41, 5.74) is 5.09. The molecule has 0 radical (unpaired) electrons. The molecule has 0 aliphatic carbocycles. The molecule has 7 nitrogen and oxygen atoms in total. The maximum atomic E-state index is 10.6. The number of nitrogens with one attached hydrogen (secondary N) is 1. The van der Waals surface area contributed by atoms with Crippen molar-refractivity contribution in [2.45, 2.75) is 13.3 Å². The van der Waals surface area contributed by atoms with Crippen LogP contribution in [0.3, 0.4) is 0 Å².